The topological polar surface area (TPSA) is 42.9 Å². The molecule has 5 nitrogen and oxygen atoms in total. The van der Waals surface area contributed by atoms with Crippen LogP contribution in [0.15, 0.2) is 4.99 Å². The molecule has 2 rings (SSSR count). The van der Waals surface area contributed by atoms with Crippen molar-refractivity contribution in [2.45, 2.75) is 31.4 Å². The Morgan fingerprint density at radius 1 is 1.18 bits per heavy atom. The van der Waals surface area contributed by atoms with Gasteiger partial charge in [0, 0.05) is 38.0 Å². The molecular formula is C16H33N5S. The maximum absolute atomic E-state index is 4.76. The third kappa shape index (κ3) is 6.75. The van der Waals surface area contributed by atoms with Crippen molar-refractivity contribution in [2.24, 2.45) is 4.99 Å². The highest BCUT2D eigenvalue weighted by molar-refractivity contribution is 8.00. The summed E-state index contributed by atoms with van der Waals surface area (Å²) >= 11 is 2.08. The molecule has 2 fully saturated rings. The molecule has 2 heterocycles. The molecule has 0 saturated carbocycles. The molecule has 0 aromatic rings. The zero-order valence-corrected chi connectivity index (χ0v) is 15.1. The second-order valence-corrected chi connectivity index (χ2v) is 7.69. The predicted octanol–water partition coefficient (Wildman–Crippen LogP) is 1.07. The van der Waals surface area contributed by atoms with E-state index in [1.54, 1.807) is 0 Å². The lowest BCUT2D eigenvalue weighted by Crippen LogP contribution is -2.42. The van der Waals surface area contributed by atoms with Crippen LogP contribution < -0.4 is 10.6 Å². The van der Waals surface area contributed by atoms with Gasteiger partial charge in [-0.3, -0.25) is 4.99 Å². The molecule has 2 N–H and O–H groups in total. The normalized spacial score (nSPS) is 25.2. The molecule has 0 aromatic carbocycles. The molecule has 0 aromatic heterocycles. The molecule has 128 valence electrons. The van der Waals surface area contributed by atoms with Gasteiger partial charge in [-0.15, -0.1) is 0 Å². The Bertz CT molecular complexity index is 330. The summed E-state index contributed by atoms with van der Waals surface area (Å²) in [5, 5.41) is 7.60. The van der Waals surface area contributed by atoms with E-state index in [2.05, 4.69) is 46.2 Å². The minimum Gasteiger partial charge on any atom is -0.357 e. The number of hydrogen-bond acceptors (Lipinski definition) is 4. The van der Waals surface area contributed by atoms with Crippen molar-refractivity contribution in [3.63, 3.8) is 0 Å². The maximum Gasteiger partial charge on any atom is 0.191 e. The Balaban J connectivity index is 1.67. The van der Waals surface area contributed by atoms with Gasteiger partial charge in [0.25, 0.3) is 0 Å². The predicted molar refractivity (Wildman–Crippen MR) is 98.0 cm³/mol. The molecule has 2 saturated heterocycles. The van der Waals surface area contributed by atoms with E-state index in [1.165, 1.54) is 51.2 Å². The number of likely N-dealkylation sites (N-methyl/N-ethyl adjacent to an activating group) is 1. The first-order chi connectivity index (χ1) is 10.8. The van der Waals surface area contributed by atoms with Gasteiger partial charge in [-0.05, 0) is 52.1 Å². The Morgan fingerprint density at radius 3 is 2.86 bits per heavy atom. The van der Waals surface area contributed by atoms with Crippen LogP contribution in [0.4, 0.5) is 0 Å². The van der Waals surface area contributed by atoms with Crippen LogP contribution in [0.3, 0.4) is 0 Å². The highest BCUT2D eigenvalue weighted by Crippen LogP contribution is 2.25. The summed E-state index contributed by atoms with van der Waals surface area (Å²) in [7, 11) is 2.22. The molecule has 0 aliphatic carbocycles. The summed E-state index contributed by atoms with van der Waals surface area (Å²) in [6.45, 7) is 10.9. The van der Waals surface area contributed by atoms with Crippen molar-refractivity contribution in [1.82, 2.24) is 20.4 Å². The van der Waals surface area contributed by atoms with Crippen molar-refractivity contribution >= 4 is 17.7 Å². The highest BCUT2D eigenvalue weighted by atomic mass is 32.2. The molecule has 1 atom stereocenters. The molecule has 0 amide bonds. The molecule has 6 heteroatoms. The van der Waals surface area contributed by atoms with Gasteiger partial charge in [0.2, 0.25) is 0 Å². The second kappa shape index (κ2) is 10.3. The van der Waals surface area contributed by atoms with Gasteiger partial charge in [-0.2, -0.15) is 11.8 Å². The van der Waals surface area contributed by atoms with Crippen LogP contribution in [0, 0.1) is 0 Å². The van der Waals surface area contributed by atoms with E-state index in [1.807, 2.05) is 0 Å². The third-order valence-electron chi connectivity index (χ3n) is 4.35. The van der Waals surface area contributed by atoms with E-state index < -0.39 is 0 Å². The largest absolute Gasteiger partial charge is 0.357 e. The summed E-state index contributed by atoms with van der Waals surface area (Å²) in [6, 6.07) is 0. The van der Waals surface area contributed by atoms with Crippen LogP contribution in [-0.2, 0) is 0 Å². The Labute approximate surface area is 140 Å². The molecule has 2 aliphatic rings. The third-order valence-corrected chi connectivity index (χ3v) is 5.73. The molecule has 0 bridgehead atoms. The maximum atomic E-state index is 4.76. The van der Waals surface area contributed by atoms with Gasteiger partial charge in [0.1, 0.15) is 0 Å². The van der Waals surface area contributed by atoms with Crippen LogP contribution in [0.1, 0.15) is 26.2 Å². The van der Waals surface area contributed by atoms with E-state index in [0.717, 1.165) is 37.4 Å². The quantitative estimate of drug-likeness (QED) is 0.564. The number of rotatable bonds is 6. The van der Waals surface area contributed by atoms with Gasteiger partial charge >= 0.3 is 0 Å². The molecule has 0 radical (unpaired) electrons. The van der Waals surface area contributed by atoms with E-state index in [0.29, 0.717) is 0 Å². The van der Waals surface area contributed by atoms with Crippen molar-refractivity contribution in [2.75, 3.05) is 65.2 Å². The van der Waals surface area contributed by atoms with E-state index in [-0.39, 0.29) is 0 Å². The highest BCUT2D eigenvalue weighted by Gasteiger charge is 2.15. The SMILES string of the molecule is CCNC(=NCC1CCCS1)NCCN1CCCN(C)CC1. The van der Waals surface area contributed by atoms with Gasteiger partial charge < -0.3 is 20.4 Å². The molecule has 1 unspecified atom stereocenters. The fourth-order valence-electron chi connectivity index (χ4n) is 2.98. The molecular weight excluding hydrogens is 294 g/mol. The second-order valence-electron chi connectivity index (χ2n) is 6.28. The number of aliphatic imine (C=N–C) groups is 1. The summed E-state index contributed by atoms with van der Waals surface area (Å²) in [5.74, 6) is 2.30. The first-order valence-corrected chi connectivity index (χ1v) is 9.87. The van der Waals surface area contributed by atoms with Gasteiger partial charge in [0.15, 0.2) is 5.96 Å². The molecule has 2 aliphatic heterocycles. The minimum absolute atomic E-state index is 0.733. The Hall–Kier alpha value is -0.460. The first kappa shape index (κ1) is 17.9. The lowest BCUT2D eigenvalue weighted by Gasteiger charge is -2.21. The van der Waals surface area contributed by atoms with Crippen molar-refractivity contribution < 1.29 is 0 Å². The number of guanidine groups is 1. The standard InChI is InChI=1S/C16H33N5S/c1-3-17-16(19-14-15-6-4-13-22-15)18-7-10-21-9-5-8-20(2)11-12-21/h15H,3-14H2,1-2H3,(H2,17,18,19). The smallest absolute Gasteiger partial charge is 0.191 e. The Kier molecular flexibility index (Phi) is 8.41. The van der Waals surface area contributed by atoms with Gasteiger partial charge in [-0.1, -0.05) is 0 Å². The van der Waals surface area contributed by atoms with Crippen molar-refractivity contribution in [3.8, 4) is 0 Å². The average Bonchev–Trinajstić information content (AvgIpc) is 2.95. The average molecular weight is 328 g/mol. The van der Waals surface area contributed by atoms with Gasteiger partial charge in [0.05, 0.1) is 6.54 Å². The van der Waals surface area contributed by atoms with Crippen molar-refractivity contribution in [1.29, 1.82) is 0 Å². The molecule has 0 spiro atoms. The lowest BCUT2D eigenvalue weighted by molar-refractivity contribution is 0.280. The van der Waals surface area contributed by atoms with Crippen LogP contribution >= 0.6 is 11.8 Å². The zero-order chi connectivity index (χ0) is 15.6. The molecule has 22 heavy (non-hydrogen) atoms. The summed E-state index contributed by atoms with van der Waals surface area (Å²) in [6.07, 6.45) is 3.97. The summed E-state index contributed by atoms with van der Waals surface area (Å²) < 4.78 is 0. The number of hydrogen-bond donors (Lipinski definition) is 2. The number of nitrogens with zero attached hydrogens (tertiary/aromatic N) is 3. The number of thioether (sulfide) groups is 1. The van der Waals surface area contributed by atoms with E-state index in [4.69, 9.17) is 4.99 Å². The van der Waals surface area contributed by atoms with Crippen molar-refractivity contribution in [3.05, 3.63) is 0 Å². The van der Waals surface area contributed by atoms with Crippen LogP contribution in [-0.4, -0.2) is 86.2 Å². The summed E-state index contributed by atoms with van der Waals surface area (Å²) in [4.78, 5) is 9.75. The number of nitrogens with one attached hydrogen (secondary N) is 2. The van der Waals surface area contributed by atoms with E-state index in [9.17, 15) is 0 Å². The summed E-state index contributed by atoms with van der Waals surface area (Å²) in [5.41, 5.74) is 0. The van der Waals surface area contributed by atoms with Crippen LogP contribution in [0.5, 0.6) is 0 Å². The van der Waals surface area contributed by atoms with E-state index >= 15 is 0 Å². The first-order valence-electron chi connectivity index (χ1n) is 8.82. The minimum atomic E-state index is 0.733. The fourth-order valence-corrected chi connectivity index (χ4v) is 4.16. The van der Waals surface area contributed by atoms with Gasteiger partial charge in [-0.25, -0.2) is 0 Å². The Morgan fingerprint density at radius 2 is 2.09 bits per heavy atom. The monoisotopic (exact) mass is 327 g/mol. The van der Waals surface area contributed by atoms with Crippen LogP contribution in [0.25, 0.3) is 0 Å². The zero-order valence-electron chi connectivity index (χ0n) is 14.3. The lowest BCUT2D eigenvalue weighted by atomic mass is 10.2. The fraction of sp³-hybridized carbons (Fsp3) is 0.938. The van der Waals surface area contributed by atoms with Crippen LogP contribution in [0.2, 0.25) is 0 Å².